The van der Waals surface area contributed by atoms with E-state index in [4.69, 9.17) is 21.1 Å². The van der Waals surface area contributed by atoms with Crippen LogP contribution in [0.15, 0.2) is 72.8 Å². The summed E-state index contributed by atoms with van der Waals surface area (Å²) in [7, 11) is 0. The quantitative estimate of drug-likeness (QED) is 0.546. The molecular formula is C22H18ClNO3. The number of anilines is 1. The van der Waals surface area contributed by atoms with Gasteiger partial charge in [0.25, 0.3) is 0 Å². The van der Waals surface area contributed by atoms with Crippen LogP contribution in [0.25, 0.3) is 0 Å². The number of rotatable bonds is 4. The van der Waals surface area contributed by atoms with Gasteiger partial charge in [-0.1, -0.05) is 35.9 Å². The Balaban J connectivity index is 1.62. The number of nitrogens with zero attached hydrogens (tertiary/aromatic N) is 1. The fourth-order valence-electron chi connectivity index (χ4n) is 3.15. The van der Waals surface area contributed by atoms with E-state index >= 15 is 0 Å². The van der Waals surface area contributed by atoms with Crippen LogP contribution in [-0.2, 0) is 4.74 Å². The first kappa shape index (κ1) is 17.4. The van der Waals surface area contributed by atoms with Gasteiger partial charge >= 0.3 is 6.09 Å². The summed E-state index contributed by atoms with van der Waals surface area (Å²) in [6, 6.07) is 22.5. The Morgan fingerprint density at radius 2 is 1.70 bits per heavy atom. The Labute approximate surface area is 162 Å². The van der Waals surface area contributed by atoms with E-state index in [-0.39, 0.29) is 18.7 Å². The molecule has 1 fully saturated rings. The molecule has 1 aliphatic heterocycles. The molecule has 4 rings (SSSR count). The number of cyclic esters (lactones) is 1. The first-order chi connectivity index (χ1) is 13.1. The summed E-state index contributed by atoms with van der Waals surface area (Å²) in [5.41, 5.74) is 2.82. The summed E-state index contributed by atoms with van der Waals surface area (Å²) in [5.74, 6) is 1.49. The lowest BCUT2D eigenvalue weighted by Crippen LogP contribution is -2.27. The van der Waals surface area contributed by atoms with Gasteiger partial charge in [-0.15, -0.1) is 0 Å². The number of carbonyl (C=O) groups is 1. The SMILES string of the molecule is Cc1cccc(Oc2cccc(C3COC(=O)N3c3ccc(Cl)cc3)c2)c1. The molecule has 3 aromatic carbocycles. The van der Waals surface area contributed by atoms with Crippen LogP contribution < -0.4 is 9.64 Å². The van der Waals surface area contributed by atoms with Crippen LogP contribution in [0.4, 0.5) is 10.5 Å². The van der Waals surface area contributed by atoms with E-state index < -0.39 is 0 Å². The third-order valence-electron chi connectivity index (χ3n) is 4.45. The third kappa shape index (κ3) is 3.76. The van der Waals surface area contributed by atoms with Gasteiger partial charge in [0.15, 0.2) is 0 Å². The van der Waals surface area contributed by atoms with Crippen molar-refractivity contribution < 1.29 is 14.3 Å². The lowest BCUT2D eigenvalue weighted by molar-refractivity contribution is 0.179. The lowest BCUT2D eigenvalue weighted by Gasteiger charge is -2.22. The maximum atomic E-state index is 12.3. The zero-order chi connectivity index (χ0) is 18.8. The van der Waals surface area contributed by atoms with Gasteiger partial charge in [-0.3, -0.25) is 4.90 Å². The van der Waals surface area contributed by atoms with Crippen molar-refractivity contribution >= 4 is 23.4 Å². The van der Waals surface area contributed by atoms with Crippen LogP contribution in [-0.4, -0.2) is 12.7 Å². The average molecular weight is 380 g/mol. The second kappa shape index (κ2) is 7.33. The first-order valence-corrected chi connectivity index (χ1v) is 9.04. The topological polar surface area (TPSA) is 38.8 Å². The molecule has 3 aromatic rings. The molecule has 0 aromatic heterocycles. The van der Waals surface area contributed by atoms with Crippen molar-refractivity contribution in [2.75, 3.05) is 11.5 Å². The Morgan fingerprint density at radius 3 is 2.44 bits per heavy atom. The van der Waals surface area contributed by atoms with Crippen molar-refractivity contribution in [2.45, 2.75) is 13.0 Å². The molecule has 0 spiro atoms. The van der Waals surface area contributed by atoms with Gasteiger partial charge in [-0.05, 0) is 66.6 Å². The molecule has 4 nitrogen and oxygen atoms in total. The largest absolute Gasteiger partial charge is 0.457 e. The lowest BCUT2D eigenvalue weighted by atomic mass is 10.1. The molecule has 0 aliphatic carbocycles. The summed E-state index contributed by atoms with van der Waals surface area (Å²) >= 11 is 5.97. The standard InChI is InChI=1S/C22H18ClNO3/c1-15-4-2-6-19(12-15)27-20-7-3-5-16(13-20)21-14-26-22(25)24(21)18-10-8-17(23)9-11-18/h2-13,21H,14H2,1H3. The molecule has 0 bridgehead atoms. The van der Waals surface area contributed by atoms with E-state index in [0.717, 1.165) is 22.6 Å². The van der Waals surface area contributed by atoms with Gasteiger partial charge in [0.05, 0.1) is 6.04 Å². The molecule has 1 aliphatic rings. The fourth-order valence-corrected chi connectivity index (χ4v) is 3.28. The van der Waals surface area contributed by atoms with Crippen LogP contribution in [0.2, 0.25) is 5.02 Å². The third-order valence-corrected chi connectivity index (χ3v) is 4.70. The van der Waals surface area contributed by atoms with Crippen LogP contribution in [0.3, 0.4) is 0 Å². The molecule has 5 heteroatoms. The predicted molar refractivity (Wildman–Crippen MR) is 106 cm³/mol. The minimum Gasteiger partial charge on any atom is -0.457 e. The van der Waals surface area contributed by atoms with E-state index in [1.807, 2.05) is 67.6 Å². The molecule has 0 saturated carbocycles. The highest BCUT2D eigenvalue weighted by Crippen LogP contribution is 2.35. The molecule has 1 saturated heterocycles. The van der Waals surface area contributed by atoms with Crippen molar-refractivity contribution in [1.82, 2.24) is 0 Å². The highest BCUT2D eigenvalue weighted by molar-refractivity contribution is 6.30. The van der Waals surface area contributed by atoms with Crippen LogP contribution in [0.1, 0.15) is 17.2 Å². The van der Waals surface area contributed by atoms with Crippen LogP contribution >= 0.6 is 11.6 Å². The van der Waals surface area contributed by atoms with Gasteiger partial charge in [-0.2, -0.15) is 0 Å². The maximum absolute atomic E-state index is 12.3. The highest BCUT2D eigenvalue weighted by Gasteiger charge is 2.35. The van der Waals surface area contributed by atoms with Gasteiger partial charge < -0.3 is 9.47 Å². The smallest absolute Gasteiger partial charge is 0.415 e. The van der Waals surface area contributed by atoms with Gasteiger partial charge in [0, 0.05) is 10.7 Å². The number of hydrogen-bond acceptors (Lipinski definition) is 3. The first-order valence-electron chi connectivity index (χ1n) is 8.66. The van der Waals surface area contributed by atoms with Gasteiger partial charge in [-0.25, -0.2) is 4.79 Å². The van der Waals surface area contributed by atoms with Gasteiger partial charge in [0.2, 0.25) is 0 Å². The monoisotopic (exact) mass is 379 g/mol. The van der Waals surface area contributed by atoms with E-state index in [2.05, 4.69) is 0 Å². The molecule has 1 amide bonds. The summed E-state index contributed by atoms with van der Waals surface area (Å²) in [6.07, 6.45) is -0.368. The van der Waals surface area contributed by atoms with Crippen molar-refractivity contribution in [3.05, 3.63) is 88.9 Å². The molecule has 136 valence electrons. The summed E-state index contributed by atoms with van der Waals surface area (Å²) in [4.78, 5) is 13.9. The molecule has 27 heavy (non-hydrogen) atoms. The number of carbonyl (C=O) groups excluding carboxylic acids is 1. The normalized spacial score (nSPS) is 16.3. The molecule has 0 radical (unpaired) electrons. The number of halogens is 1. The zero-order valence-corrected chi connectivity index (χ0v) is 15.5. The number of aryl methyl sites for hydroxylation is 1. The van der Waals surface area contributed by atoms with Crippen molar-refractivity contribution in [1.29, 1.82) is 0 Å². The van der Waals surface area contributed by atoms with E-state index in [1.165, 1.54) is 0 Å². The minimum atomic E-state index is -0.368. The summed E-state index contributed by atoms with van der Waals surface area (Å²) < 4.78 is 11.3. The Bertz CT molecular complexity index is 971. The molecule has 1 unspecified atom stereocenters. The Morgan fingerprint density at radius 1 is 1.00 bits per heavy atom. The molecule has 0 N–H and O–H groups in total. The van der Waals surface area contributed by atoms with Crippen molar-refractivity contribution in [3.63, 3.8) is 0 Å². The number of hydrogen-bond donors (Lipinski definition) is 0. The zero-order valence-electron chi connectivity index (χ0n) is 14.8. The molecule has 1 atom stereocenters. The van der Waals surface area contributed by atoms with Crippen LogP contribution in [0.5, 0.6) is 11.5 Å². The number of benzene rings is 3. The van der Waals surface area contributed by atoms with Crippen molar-refractivity contribution in [2.24, 2.45) is 0 Å². The van der Waals surface area contributed by atoms with Crippen LogP contribution in [0, 0.1) is 6.92 Å². The highest BCUT2D eigenvalue weighted by atomic mass is 35.5. The second-order valence-corrected chi connectivity index (χ2v) is 6.87. The Hall–Kier alpha value is -2.98. The average Bonchev–Trinajstić information content (AvgIpc) is 3.04. The van der Waals surface area contributed by atoms with Gasteiger partial charge in [0.1, 0.15) is 18.1 Å². The number of amides is 1. The maximum Gasteiger partial charge on any atom is 0.415 e. The van der Waals surface area contributed by atoms with E-state index in [1.54, 1.807) is 17.0 Å². The predicted octanol–water partition coefficient (Wildman–Crippen LogP) is 6.14. The second-order valence-electron chi connectivity index (χ2n) is 6.43. The molecule has 1 heterocycles. The minimum absolute atomic E-state index is 0.222. The fraction of sp³-hybridized carbons (Fsp3) is 0.136. The van der Waals surface area contributed by atoms with E-state index in [0.29, 0.717) is 10.8 Å². The summed E-state index contributed by atoms with van der Waals surface area (Å²) in [6.45, 7) is 2.31. The van der Waals surface area contributed by atoms with Crippen molar-refractivity contribution in [3.8, 4) is 11.5 Å². The Kier molecular flexibility index (Phi) is 4.73. The molecular weight excluding hydrogens is 362 g/mol. The van der Waals surface area contributed by atoms with E-state index in [9.17, 15) is 4.79 Å². The number of ether oxygens (including phenoxy) is 2. The summed E-state index contributed by atoms with van der Waals surface area (Å²) in [5, 5.41) is 0.622.